The normalized spacial score (nSPS) is 15.5. The minimum atomic E-state index is -2.96. The lowest BCUT2D eigenvalue weighted by Crippen LogP contribution is -2.55. The monoisotopic (exact) mass is 543 g/mol. The molecular weight excluding hydrogens is 511 g/mol. The van der Waals surface area contributed by atoms with Crippen molar-refractivity contribution in [3.63, 3.8) is 0 Å². The van der Waals surface area contributed by atoms with E-state index >= 15 is 0 Å². The van der Waals surface area contributed by atoms with E-state index in [4.69, 9.17) is 20.2 Å². The highest BCUT2D eigenvalue weighted by atomic mass is 19.3. The number of aromatic nitrogens is 2. The number of rotatable bonds is 10. The van der Waals surface area contributed by atoms with Gasteiger partial charge in [0.25, 0.3) is 12.3 Å². The number of ether oxygens (including phenoxy) is 2. The lowest BCUT2D eigenvalue weighted by Gasteiger charge is -2.43. The summed E-state index contributed by atoms with van der Waals surface area (Å²) in [4.78, 5) is 25.9. The first-order valence-corrected chi connectivity index (χ1v) is 12.9. The molecule has 0 unspecified atom stereocenters. The zero-order valence-corrected chi connectivity index (χ0v) is 21.9. The summed E-state index contributed by atoms with van der Waals surface area (Å²) in [5.74, 6) is -0.497. The van der Waals surface area contributed by atoms with Crippen LogP contribution in [0.2, 0.25) is 0 Å². The van der Waals surface area contributed by atoms with Gasteiger partial charge in [-0.3, -0.25) is 4.79 Å². The average Bonchev–Trinajstić information content (AvgIpc) is 2.95. The van der Waals surface area contributed by atoms with Gasteiger partial charge in [0.15, 0.2) is 0 Å². The Kier molecular flexibility index (Phi) is 9.23. The third-order valence-corrected chi connectivity index (χ3v) is 6.55. The fourth-order valence-electron chi connectivity index (χ4n) is 4.69. The van der Waals surface area contributed by atoms with Gasteiger partial charge in [-0.2, -0.15) is 0 Å². The van der Waals surface area contributed by atoms with E-state index in [0.717, 1.165) is 29.4 Å². The molecule has 0 radical (unpaired) electrons. The summed E-state index contributed by atoms with van der Waals surface area (Å²) in [5, 5.41) is 0. The largest absolute Gasteiger partial charge is 0.477 e. The number of pyridine rings is 2. The van der Waals surface area contributed by atoms with Gasteiger partial charge in [-0.1, -0.05) is 6.92 Å². The van der Waals surface area contributed by atoms with Gasteiger partial charge in [0.1, 0.15) is 18.1 Å². The zero-order chi connectivity index (χ0) is 27.9. The number of carbonyl (C=O) groups excluding carboxylic acids is 1. The van der Waals surface area contributed by atoms with Crippen LogP contribution in [0.5, 0.6) is 11.8 Å². The van der Waals surface area contributed by atoms with E-state index in [1.165, 1.54) is 4.90 Å². The van der Waals surface area contributed by atoms with Gasteiger partial charge in [-0.15, -0.1) is 0 Å². The Labute approximate surface area is 225 Å². The van der Waals surface area contributed by atoms with E-state index in [2.05, 4.69) is 9.88 Å². The summed E-state index contributed by atoms with van der Waals surface area (Å²) in [6, 6.07) is 10.2. The number of nitrogens with zero attached hydrogens (tertiary/aromatic N) is 4. The number of hydrogen-bond acceptors (Lipinski definition) is 7. The Morgan fingerprint density at radius 3 is 2.67 bits per heavy atom. The van der Waals surface area contributed by atoms with Gasteiger partial charge in [0.2, 0.25) is 11.8 Å². The predicted octanol–water partition coefficient (Wildman–Crippen LogP) is 4.70. The fraction of sp³-hybridized carbons (Fsp3) is 0.393. The maximum Gasteiger partial charge on any atom is 0.264 e. The first kappa shape index (κ1) is 28.2. The number of amides is 1. The topological polar surface area (TPSA) is 93.8 Å². The van der Waals surface area contributed by atoms with Gasteiger partial charge in [0.05, 0.1) is 17.9 Å². The van der Waals surface area contributed by atoms with E-state index in [1.54, 1.807) is 12.3 Å². The van der Waals surface area contributed by atoms with Crippen molar-refractivity contribution in [1.82, 2.24) is 14.9 Å². The van der Waals surface area contributed by atoms with Crippen molar-refractivity contribution in [2.24, 2.45) is 5.73 Å². The molecule has 0 bridgehead atoms. The van der Waals surface area contributed by atoms with Crippen LogP contribution in [0.1, 0.15) is 42.6 Å². The molecule has 4 rings (SSSR count). The van der Waals surface area contributed by atoms with Crippen molar-refractivity contribution in [2.75, 3.05) is 44.3 Å². The van der Waals surface area contributed by atoms with E-state index in [-0.39, 0.29) is 24.8 Å². The highest BCUT2D eigenvalue weighted by molar-refractivity contribution is 5.96. The maximum absolute atomic E-state index is 13.6. The number of piperazine rings is 1. The molecular formula is C28H32F3N5O3. The van der Waals surface area contributed by atoms with Gasteiger partial charge < -0.3 is 25.0 Å². The summed E-state index contributed by atoms with van der Waals surface area (Å²) in [7, 11) is 0. The minimum absolute atomic E-state index is 0.136. The number of alkyl halides is 2. The summed E-state index contributed by atoms with van der Waals surface area (Å²) in [6.07, 6.45) is -0.639. The molecule has 2 aromatic heterocycles. The molecule has 1 atom stereocenters. The molecule has 1 saturated heterocycles. The molecule has 8 nitrogen and oxygen atoms in total. The third-order valence-electron chi connectivity index (χ3n) is 6.55. The minimum Gasteiger partial charge on any atom is -0.477 e. The smallest absolute Gasteiger partial charge is 0.264 e. The lowest BCUT2D eigenvalue weighted by molar-refractivity contribution is 0.0709. The van der Waals surface area contributed by atoms with Gasteiger partial charge in [-0.05, 0) is 55.8 Å². The maximum atomic E-state index is 13.6. The molecule has 1 aromatic carbocycles. The molecule has 0 saturated carbocycles. The summed E-state index contributed by atoms with van der Waals surface area (Å²) < 4.78 is 52.3. The van der Waals surface area contributed by atoms with Gasteiger partial charge in [0, 0.05) is 49.5 Å². The fourth-order valence-corrected chi connectivity index (χ4v) is 4.69. The number of nitrogens with two attached hydrogens (primary N) is 1. The molecule has 1 amide bonds. The van der Waals surface area contributed by atoms with Crippen LogP contribution < -0.4 is 20.1 Å². The first-order chi connectivity index (χ1) is 18.9. The number of halogens is 3. The summed E-state index contributed by atoms with van der Waals surface area (Å²) >= 11 is 0. The SMILES string of the molecule is CCOc1ncccc1-c1ccc(N2CCN(C(=O)c3ccc(F)cc3C(F)F)C[C@H]2CC)c(OCCN)n1. The van der Waals surface area contributed by atoms with Crippen LogP contribution in [-0.4, -0.2) is 66.2 Å². The molecule has 11 heteroatoms. The molecule has 39 heavy (non-hydrogen) atoms. The van der Waals surface area contributed by atoms with Crippen LogP contribution >= 0.6 is 0 Å². The highest BCUT2D eigenvalue weighted by Crippen LogP contribution is 2.36. The Morgan fingerprint density at radius 1 is 1.13 bits per heavy atom. The number of benzene rings is 1. The van der Waals surface area contributed by atoms with Crippen molar-refractivity contribution in [2.45, 2.75) is 32.7 Å². The van der Waals surface area contributed by atoms with E-state index in [1.807, 2.05) is 32.0 Å². The molecule has 0 aliphatic carbocycles. The lowest BCUT2D eigenvalue weighted by atomic mass is 10.0. The molecule has 2 N–H and O–H groups in total. The molecule has 3 aromatic rings. The highest BCUT2D eigenvalue weighted by Gasteiger charge is 2.33. The van der Waals surface area contributed by atoms with Crippen molar-refractivity contribution < 1.29 is 27.4 Å². The Bertz CT molecular complexity index is 1290. The van der Waals surface area contributed by atoms with Crippen LogP contribution in [0.25, 0.3) is 11.3 Å². The molecule has 1 fully saturated rings. The van der Waals surface area contributed by atoms with E-state index in [0.29, 0.717) is 50.1 Å². The second-order valence-corrected chi connectivity index (χ2v) is 8.99. The molecule has 3 heterocycles. The van der Waals surface area contributed by atoms with Gasteiger partial charge >= 0.3 is 0 Å². The zero-order valence-electron chi connectivity index (χ0n) is 21.9. The average molecular weight is 544 g/mol. The third kappa shape index (κ3) is 6.25. The van der Waals surface area contributed by atoms with Gasteiger partial charge in [-0.25, -0.2) is 23.1 Å². The van der Waals surface area contributed by atoms with Crippen molar-refractivity contribution in [3.8, 4) is 23.0 Å². The molecule has 0 spiro atoms. The van der Waals surface area contributed by atoms with Crippen LogP contribution in [0.3, 0.4) is 0 Å². The van der Waals surface area contributed by atoms with Crippen molar-refractivity contribution in [1.29, 1.82) is 0 Å². The standard InChI is InChI=1S/C28H32F3N5O3/c1-3-19-17-35(28(37)20-8-7-18(29)16-22(20)25(30)31)13-14-36(19)24-10-9-23(34-27(24)39-15-11-32)21-6-5-12-33-26(21)38-4-2/h5-10,12,16,19,25H,3-4,11,13-15,17,32H2,1-2H3/t19-/m1/s1. The Balaban J connectivity index is 1.62. The molecule has 1 aliphatic rings. The summed E-state index contributed by atoms with van der Waals surface area (Å²) in [5.41, 5.74) is 7.00. The molecule has 208 valence electrons. The number of carbonyl (C=O) groups is 1. The van der Waals surface area contributed by atoms with Crippen LogP contribution in [0.4, 0.5) is 18.9 Å². The summed E-state index contributed by atoms with van der Waals surface area (Å²) in [6.45, 7) is 5.88. The molecule has 1 aliphatic heterocycles. The van der Waals surface area contributed by atoms with Crippen LogP contribution in [-0.2, 0) is 0 Å². The second-order valence-electron chi connectivity index (χ2n) is 8.99. The number of anilines is 1. The first-order valence-electron chi connectivity index (χ1n) is 12.9. The Hall–Kier alpha value is -3.86. The van der Waals surface area contributed by atoms with E-state index in [9.17, 15) is 18.0 Å². The van der Waals surface area contributed by atoms with E-state index < -0.39 is 23.7 Å². The van der Waals surface area contributed by atoms with Crippen molar-refractivity contribution in [3.05, 3.63) is 65.6 Å². The van der Waals surface area contributed by atoms with Crippen molar-refractivity contribution >= 4 is 11.6 Å². The van der Waals surface area contributed by atoms with Crippen LogP contribution in [0, 0.1) is 5.82 Å². The van der Waals surface area contributed by atoms with Crippen LogP contribution in [0.15, 0.2) is 48.7 Å². The quantitative estimate of drug-likeness (QED) is 0.396. The number of hydrogen-bond donors (Lipinski definition) is 1. The predicted molar refractivity (Wildman–Crippen MR) is 142 cm³/mol. The second kappa shape index (κ2) is 12.8. The Morgan fingerprint density at radius 2 is 1.95 bits per heavy atom.